The summed E-state index contributed by atoms with van der Waals surface area (Å²) in [5.74, 6) is 0. The first-order valence-corrected chi connectivity index (χ1v) is 6.64. The Bertz CT molecular complexity index is 625. The molecule has 3 rings (SSSR count). The van der Waals surface area contributed by atoms with Crippen LogP contribution in [0.1, 0.15) is 11.1 Å². The lowest BCUT2D eigenvalue weighted by Crippen LogP contribution is -2.19. The summed E-state index contributed by atoms with van der Waals surface area (Å²) in [6, 6.07) is 15.3. The highest BCUT2D eigenvalue weighted by Crippen LogP contribution is 2.24. The van der Waals surface area contributed by atoms with Crippen LogP contribution in [0.5, 0.6) is 0 Å². The fourth-order valence-electron chi connectivity index (χ4n) is 2.46. The first-order valence-electron chi connectivity index (χ1n) is 6.64. The van der Waals surface area contributed by atoms with Gasteiger partial charge in [-0.3, -0.25) is 4.90 Å². The molecule has 2 aromatic rings. The number of carbonyl (C=O) groups is 1. The molecule has 2 N–H and O–H groups in total. The van der Waals surface area contributed by atoms with Gasteiger partial charge in [0, 0.05) is 24.5 Å². The molecule has 0 radical (unpaired) electrons. The number of nitrogens with one attached hydrogen (secondary N) is 2. The Morgan fingerprint density at radius 2 is 1.65 bits per heavy atom. The quantitative estimate of drug-likeness (QED) is 0.877. The van der Waals surface area contributed by atoms with Gasteiger partial charge in [0.15, 0.2) is 0 Å². The van der Waals surface area contributed by atoms with Crippen LogP contribution < -0.4 is 10.6 Å². The van der Waals surface area contributed by atoms with Crippen molar-refractivity contribution < 1.29 is 4.79 Å². The first-order chi connectivity index (χ1) is 9.70. The van der Waals surface area contributed by atoms with E-state index in [1.165, 1.54) is 11.1 Å². The van der Waals surface area contributed by atoms with E-state index >= 15 is 0 Å². The zero-order chi connectivity index (χ0) is 13.9. The van der Waals surface area contributed by atoms with E-state index in [2.05, 4.69) is 28.6 Å². The standard InChI is InChI=1S/C16H17N3O/c1-19-10-12-7-8-15(9-13(12)11-19)18-16(20)17-14-5-3-2-4-6-14/h2-9H,10-11H2,1H3,(H2,17,18,20). The minimum absolute atomic E-state index is 0.220. The number of hydrogen-bond donors (Lipinski definition) is 2. The number of para-hydroxylation sites is 1. The summed E-state index contributed by atoms with van der Waals surface area (Å²) in [4.78, 5) is 14.2. The van der Waals surface area contributed by atoms with Crippen molar-refractivity contribution in [3.05, 3.63) is 59.7 Å². The molecule has 20 heavy (non-hydrogen) atoms. The minimum Gasteiger partial charge on any atom is -0.308 e. The maximum absolute atomic E-state index is 11.9. The van der Waals surface area contributed by atoms with Gasteiger partial charge in [-0.05, 0) is 42.4 Å². The lowest BCUT2D eigenvalue weighted by molar-refractivity contribution is 0.262. The largest absolute Gasteiger partial charge is 0.323 e. The van der Waals surface area contributed by atoms with E-state index in [0.29, 0.717) is 0 Å². The van der Waals surface area contributed by atoms with Gasteiger partial charge in [0.25, 0.3) is 0 Å². The van der Waals surface area contributed by atoms with Gasteiger partial charge in [0.2, 0.25) is 0 Å². The Hall–Kier alpha value is -2.33. The van der Waals surface area contributed by atoms with Gasteiger partial charge in [-0.15, -0.1) is 0 Å². The molecule has 102 valence electrons. The molecule has 1 aliphatic heterocycles. The number of carbonyl (C=O) groups excluding carboxylic acids is 1. The summed E-state index contributed by atoms with van der Waals surface area (Å²) in [6.07, 6.45) is 0. The molecule has 0 fully saturated rings. The molecule has 0 saturated heterocycles. The number of nitrogens with zero attached hydrogens (tertiary/aromatic N) is 1. The maximum atomic E-state index is 11.9. The molecular formula is C16H17N3O. The average Bonchev–Trinajstić information content (AvgIpc) is 2.79. The Morgan fingerprint density at radius 1 is 0.950 bits per heavy atom. The summed E-state index contributed by atoms with van der Waals surface area (Å²) in [6.45, 7) is 1.91. The molecule has 4 heteroatoms. The average molecular weight is 267 g/mol. The number of rotatable bonds is 2. The molecule has 0 spiro atoms. The van der Waals surface area contributed by atoms with Gasteiger partial charge in [0.1, 0.15) is 0 Å². The van der Waals surface area contributed by atoms with Crippen LogP contribution in [0.25, 0.3) is 0 Å². The zero-order valence-electron chi connectivity index (χ0n) is 11.4. The van der Waals surface area contributed by atoms with E-state index in [-0.39, 0.29) is 6.03 Å². The van der Waals surface area contributed by atoms with E-state index in [4.69, 9.17) is 0 Å². The lowest BCUT2D eigenvalue weighted by Gasteiger charge is -2.08. The van der Waals surface area contributed by atoms with E-state index < -0.39 is 0 Å². The van der Waals surface area contributed by atoms with Crippen LogP contribution in [0.3, 0.4) is 0 Å². The Morgan fingerprint density at radius 3 is 2.45 bits per heavy atom. The van der Waals surface area contributed by atoms with Gasteiger partial charge >= 0.3 is 6.03 Å². The van der Waals surface area contributed by atoms with Crippen molar-refractivity contribution in [1.29, 1.82) is 0 Å². The Kier molecular flexibility index (Phi) is 3.39. The van der Waals surface area contributed by atoms with Gasteiger partial charge in [-0.2, -0.15) is 0 Å². The molecule has 2 amide bonds. The predicted octanol–water partition coefficient (Wildman–Crippen LogP) is 3.28. The van der Waals surface area contributed by atoms with Crippen LogP contribution in [0.2, 0.25) is 0 Å². The SMILES string of the molecule is CN1Cc2ccc(NC(=O)Nc3ccccc3)cc2C1. The zero-order valence-corrected chi connectivity index (χ0v) is 11.4. The van der Waals surface area contributed by atoms with Crippen molar-refractivity contribution in [2.24, 2.45) is 0 Å². The third kappa shape index (κ3) is 2.81. The van der Waals surface area contributed by atoms with E-state index in [1.54, 1.807) is 0 Å². The second-order valence-corrected chi connectivity index (χ2v) is 5.10. The number of anilines is 2. The molecular weight excluding hydrogens is 250 g/mol. The van der Waals surface area contributed by atoms with E-state index in [0.717, 1.165) is 24.5 Å². The highest BCUT2D eigenvalue weighted by Gasteiger charge is 2.15. The van der Waals surface area contributed by atoms with Gasteiger partial charge in [-0.1, -0.05) is 24.3 Å². The minimum atomic E-state index is -0.220. The van der Waals surface area contributed by atoms with E-state index in [1.807, 2.05) is 42.5 Å². The summed E-state index contributed by atoms with van der Waals surface area (Å²) < 4.78 is 0. The summed E-state index contributed by atoms with van der Waals surface area (Å²) in [5, 5.41) is 5.67. The molecule has 0 bridgehead atoms. The number of fused-ring (bicyclic) bond motifs is 1. The molecule has 0 unspecified atom stereocenters. The van der Waals surface area contributed by atoms with Crippen LogP contribution >= 0.6 is 0 Å². The second-order valence-electron chi connectivity index (χ2n) is 5.10. The van der Waals surface area contributed by atoms with Crippen LogP contribution in [0.4, 0.5) is 16.2 Å². The van der Waals surface area contributed by atoms with Crippen molar-refractivity contribution in [2.45, 2.75) is 13.1 Å². The Labute approximate surface area is 118 Å². The Balaban J connectivity index is 1.66. The molecule has 0 saturated carbocycles. The lowest BCUT2D eigenvalue weighted by atomic mass is 10.1. The highest BCUT2D eigenvalue weighted by molar-refractivity contribution is 5.99. The number of urea groups is 1. The van der Waals surface area contributed by atoms with Gasteiger partial charge in [-0.25, -0.2) is 4.79 Å². The van der Waals surface area contributed by atoms with Crippen LogP contribution in [0.15, 0.2) is 48.5 Å². The van der Waals surface area contributed by atoms with E-state index in [9.17, 15) is 4.79 Å². The number of hydrogen-bond acceptors (Lipinski definition) is 2. The van der Waals surface area contributed by atoms with Crippen molar-refractivity contribution in [3.8, 4) is 0 Å². The van der Waals surface area contributed by atoms with Crippen molar-refractivity contribution >= 4 is 17.4 Å². The van der Waals surface area contributed by atoms with Crippen LogP contribution in [-0.2, 0) is 13.1 Å². The normalized spacial score (nSPS) is 13.8. The smallest absolute Gasteiger partial charge is 0.308 e. The fourth-order valence-corrected chi connectivity index (χ4v) is 2.46. The molecule has 0 aliphatic carbocycles. The topological polar surface area (TPSA) is 44.4 Å². The highest BCUT2D eigenvalue weighted by atomic mass is 16.2. The maximum Gasteiger partial charge on any atom is 0.323 e. The van der Waals surface area contributed by atoms with Crippen molar-refractivity contribution in [3.63, 3.8) is 0 Å². The summed E-state index contributed by atoms with van der Waals surface area (Å²) in [5.41, 5.74) is 4.23. The van der Waals surface area contributed by atoms with Crippen LogP contribution in [-0.4, -0.2) is 18.0 Å². The molecule has 1 aliphatic rings. The third-order valence-electron chi connectivity index (χ3n) is 3.38. The van der Waals surface area contributed by atoms with Crippen molar-refractivity contribution in [2.75, 3.05) is 17.7 Å². The molecule has 0 atom stereocenters. The number of benzene rings is 2. The monoisotopic (exact) mass is 267 g/mol. The van der Waals surface area contributed by atoms with Gasteiger partial charge in [0.05, 0.1) is 0 Å². The molecule has 4 nitrogen and oxygen atoms in total. The molecule has 0 aromatic heterocycles. The second kappa shape index (κ2) is 5.35. The number of amides is 2. The predicted molar refractivity (Wildman–Crippen MR) is 80.7 cm³/mol. The fraction of sp³-hybridized carbons (Fsp3) is 0.188. The van der Waals surface area contributed by atoms with Gasteiger partial charge < -0.3 is 10.6 Å². The summed E-state index contributed by atoms with van der Waals surface area (Å²) >= 11 is 0. The molecule has 1 heterocycles. The molecule has 2 aromatic carbocycles. The summed E-state index contributed by atoms with van der Waals surface area (Å²) in [7, 11) is 2.09. The first kappa shape index (κ1) is 12.7. The van der Waals surface area contributed by atoms with Crippen LogP contribution in [0, 0.1) is 0 Å². The third-order valence-corrected chi connectivity index (χ3v) is 3.38. The van der Waals surface area contributed by atoms with Crippen molar-refractivity contribution in [1.82, 2.24) is 4.90 Å².